The van der Waals surface area contributed by atoms with Gasteiger partial charge in [0.15, 0.2) is 0 Å². The average Bonchev–Trinajstić information content (AvgIpc) is 2.99. The summed E-state index contributed by atoms with van der Waals surface area (Å²) in [5.74, 6) is -1.13. The Morgan fingerprint density at radius 2 is 2.09 bits per heavy atom. The van der Waals surface area contributed by atoms with Crippen LogP contribution >= 0.6 is 11.3 Å². The van der Waals surface area contributed by atoms with Gasteiger partial charge in [-0.15, -0.1) is 5.10 Å². The molecule has 1 atom stereocenters. The Morgan fingerprint density at radius 1 is 1.26 bits per heavy atom. The molecule has 1 unspecified atom stereocenters. The molecule has 0 bridgehead atoms. The van der Waals surface area contributed by atoms with Crippen LogP contribution in [0, 0.1) is 5.92 Å². The quantitative estimate of drug-likeness (QED) is 0.891. The van der Waals surface area contributed by atoms with E-state index < -0.39 is 5.97 Å². The number of piperidine rings is 1. The number of carbonyl (C=O) groups is 1. The monoisotopic (exact) mass is 334 g/mol. The summed E-state index contributed by atoms with van der Waals surface area (Å²) in [6.07, 6.45) is 5.27. The van der Waals surface area contributed by atoms with Crippen molar-refractivity contribution in [2.45, 2.75) is 38.5 Å². The summed E-state index contributed by atoms with van der Waals surface area (Å²) in [4.78, 5) is 31.0. The minimum absolute atomic E-state index is 0.0565. The molecule has 1 aliphatic heterocycles. The van der Waals surface area contributed by atoms with E-state index in [1.807, 2.05) is 4.90 Å². The van der Waals surface area contributed by atoms with Crippen LogP contribution in [-0.2, 0) is 17.6 Å². The molecule has 2 aromatic rings. The molecule has 0 radical (unpaired) electrons. The van der Waals surface area contributed by atoms with Crippen molar-refractivity contribution in [1.82, 2.24) is 14.6 Å². The molecular formula is C15H18N4O3S. The molecule has 2 aliphatic rings. The van der Waals surface area contributed by atoms with E-state index in [0.29, 0.717) is 23.1 Å². The molecule has 0 spiro atoms. The van der Waals surface area contributed by atoms with Crippen molar-refractivity contribution in [2.24, 2.45) is 5.92 Å². The Balaban J connectivity index is 1.73. The fourth-order valence-corrected chi connectivity index (χ4v) is 4.39. The molecule has 2 aromatic heterocycles. The smallest absolute Gasteiger partial charge is 0.308 e. The van der Waals surface area contributed by atoms with Crippen molar-refractivity contribution >= 4 is 27.4 Å². The second-order valence-electron chi connectivity index (χ2n) is 6.25. The molecule has 7 nitrogen and oxygen atoms in total. The third-order valence-corrected chi connectivity index (χ3v) is 5.68. The maximum absolute atomic E-state index is 12.6. The summed E-state index contributed by atoms with van der Waals surface area (Å²) in [5, 5.41) is 14.3. The van der Waals surface area contributed by atoms with Crippen molar-refractivity contribution in [3.8, 4) is 0 Å². The van der Waals surface area contributed by atoms with Gasteiger partial charge >= 0.3 is 5.97 Å². The van der Waals surface area contributed by atoms with Gasteiger partial charge in [0.05, 0.1) is 11.6 Å². The largest absolute Gasteiger partial charge is 0.481 e. The lowest BCUT2D eigenvalue weighted by molar-refractivity contribution is -0.141. The average molecular weight is 334 g/mol. The number of anilines is 1. The van der Waals surface area contributed by atoms with Gasteiger partial charge in [0.25, 0.3) is 5.56 Å². The van der Waals surface area contributed by atoms with Crippen LogP contribution in [0.5, 0.6) is 0 Å². The highest BCUT2D eigenvalue weighted by atomic mass is 32.1. The van der Waals surface area contributed by atoms with E-state index in [1.54, 1.807) is 0 Å². The summed E-state index contributed by atoms with van der Waals surface area (Å²) in [7, 11) is 0. The van der Waals surface area contributed by atoms with Crippen LogP contribution in [0.25, 0.3) is 4.96 Å². The zero-order valence-electron chi connectivity index (χ0n) is 12.7. The summed E-state index contributed by atoms with van der Waals surface area (Å²) >= 11 is 1.38. The number of carboxylic acid groups (broad SMARTS) is 1. The first-order valence-electron chi connectivity index (χ1n) is 8.03. The molecular weight excluding hydrogens is 316 g/mol. The molecule has 23 heavy (non-hydrogen) atoms. The second-order valence-corrected chi connectivity index (χ2v) is 7.19. The molecule has 1 fully saturated rings. The van der Waals surface area contributed by atoms with Crippen molar-refractivity contribution < 1.29 is 9.90 Å². The Kier molecular flexibility index (Phi) is 3.56. The topological polar surface area (TPSA) is 87.8 Å². The number of aliphatic carboxylic acids is 1. The number of rotatable bonds is 2. The van der Waals surface area contributed by atoms with Crippen molar-refractivity contribution in [2.75, 3.05) is 18.0 Å². The number of hydrogen-bond donors (Lipinski definition) is 1. The highest BCUT2D eigenvalue weighted by molar-refractivity contribution is 7.20. The summed E-state index contributed by atoms with van der Waals surface area (Å²) < 4.78 is 1.40. The van der Waals surface area contributed by atoms with E-state index in [0.717, 1.165) is 49.9 Å². The van der Waals surface area contributed by atoms with E-state index in [2.05, 4.69) is 10.1 Å². The van der Waals surface area contributed by atoms with Gasteiger partial charge in [0, 0.05) is 18.7 Å². The zero-order chi connectivity index (χ0) is 16.0. The third-order valence-electron chi connectivity index (χ3n) is 4.71. The van der Waals surface area contributed by atoms with Crippen LogP contribution < -0.4 is 10.5 Å². The van der Waals surface area contributed by atoms with Crippen molar-refractivity contribution in [3.05, 3.63) is 21.6 Å². The predicted octanol–water partition coefficient (Wildman–Crippen LogP) is 1.33. The van der Waals surface area contributed by atoms with Crippen LogP contribution in [0.2, 0.25) is 0 Å². The minimum Gasteiger partial charge on any atom is -0.481 e. The molecule has 3 heterocycles. The van der Waals surface area contributed by atoms with Gasteiger partial charge < -0.3 is 10.0 Å². The third kappa shape index (κ3) is 2.50. The van der Waals surface area contributed by atoms with E-state index in [-0.39, 0.29) is 11.5 Å². The number of carboxylic acids is 1. The molecule has 1 N–H and O–H groups in total. The molecule has 0 aromatic carbocycles. The summed E-state index contributed by atoms with van der Waals surface area (Å²) in [6.45, 7) is 1.22. The van der Waals surface area contributed by atoms with Gasteiger partial charge in [-0.2, -0.15) is 4.52 Å². The molecule has 1 aliphatic carbocycles. The first-order chi connectivity index (χ1) is 11.1. The number of aryl methyl sites for hydroxylation is 1. The summed E-state index contributed by atoms with van der Waals surface area (Å²) in [6, 6.07) is 0. The first kappa shape index (κ1) is 14.6. The van der Waals surface area contributed by atoms with Crippen LogP contribution in [0.4, 0.5) is 5.13 Å². The van der Waals surface area contributed by atoms with Gasteiger partial charge in [-0.3, -0.25) is 9.59 Å². The van der Waals surface area contributed by atoms with Crippen molar-refractivity contribution in [1.29, 1.82) is 0 Å². The van der Waals surface area contributed by atoms with E-state index in [4.69, 9.17) is 0 Å². The normalized spacial score (nSPS) is 21.4. The minimum atomic E-state index is -0.762. The van der Waals surface area contributed by atoms with Crippen LogP contribution in [0.3, 0.4) is 0 Å². The van der Waals surface area contributed by atoms with Gasteiger partial charge in [0.1, 0.15) is 0 Å². The van der Waals surface area contributed by atoms with E-state index >= 15 is 0 Å². The lowest BCUT2D eigenvalue weighted by Gasteiger charge is -2.29. The Morgan fingerprint density at radius 3 is 2.91 bits per heavy atom. The molecule has 8 heteroatoms. The predicted molar refractivity (Wildman–Crippen MR) is 86.3 cm³/mol. The van der Waals surface area contributed by atoms with Gasteiger partial charge in [-0.1, -0.05) is 11.3 Å². The van der Waals surface area contributed by atoms with Gasteiger partial charge in [-0.25, -0.2) is 4.98 Å². The Labute approximate surface area is 136 Å². The van der Waals surface area contributed by atoms with Crippen LogP contribution in [0.15, 0.2) is 4.79 Å². The highest BCUT2D eigenvalue weighted by Gasteiger charge is 2.28. The Hall–Kier alpha value is -1.96. The molecule has 0 saturated carbocycles. The summed E-state index contributed by atoms with van der Waals surface area (Å²) in [5.41, 5.74) is 1.66. The van der Waals surface area contributed by atoms with E-state index in [9.17, 15) is 14.7 Å². The number of hydrogen-bond acceptors (Lipinski definition) is 6. The van der Waals surface area contributed by atoms with E-state index in [1.165, 1.54) is 15.9 Å². The van der Waals surface area contributed by atoms with Gasteiger partial charge in [-0.05, 0) is 38.5 Å². The highest BCUT2D eigenvalue weighted by Crippen LogP contribution is 2.28. The molecule has 0 amide bonds. The van der Waals surface area contributed by atoms with Crippen molar-refractivity contribution in [3.63, 3.8) is 0 Å². The second kappa shape index (κ2) is 5.59. The fraction of sp³-hybridized carbons (Fsp3) is 0.600. The molecule has 122 valence electrons. The number of fused-ring (bicyclic) bond motifs is 2. The SMILES string of the molecule is O=C(O)C1CCCN(c2nn3c(=O)c4c(nc3s2)CCCC4)C1. The number of nitrogens with zero attached hydrogens (tertiary/aromatic N) is 4. The van der Waals surface area contributed by atoms with Crippen LogP contribution in [0.1, 0.15) is 36.9 Å². The molecule has 4 rings (SSSR count). The Bertz CT molecular complexity index is 828. The van der Waals surface area contributed by atoms with Crippen LogP contribution in [-0.4, -0.2) is 38.8 Å². The maximum atomic E-state index is 12.6. The first-order valence-corrected chi connectivity index (χ1v) is 8.84. The molecule has 1 saturated heterocycles. The maximum Gasteiger partial charge on any atom is 0.308 e. The lowest BCUT2D eigenvalue weighted by atomic mass is 9.97. The zero-order valence-corrected chi connectivity index (χ0v) is 13.5. The van der Waals surface area contributed by atoms with Gasteiger partial charge in [0.2, 0.25) is 10.1 Å². The standard InChI is InChI=1S/C15H18N4O3S/c20-12-10-5-1-2-6-11(10)16-14-19(12)17-15(23-14)18-7-3-4-9(8-18)13(21)22/h9H,1-8H2,(H,21,22). The fourth-order valence-electron chi connectivity index (χ4n) is 3.44. The lowest BCUT2D eigenvalue weighted by Crippen LogP contribution is -2.38. The number of aromatic nitrogens is 3.